The number of nitrogens with zero attached hydrogens (tertiary/aromatic N) is 3. The Kier molecular flexibility index (Phi) is 5.80. The molecule has 0 atom stereocenters. The fraction of sp³-hybridized carbons (Fsp3) is 0.571. The third kappa shape index (κ3) is 4.12. The average molecular weight is 427 g/mol. The fourth-order valence-electron chi connectivity index (χ4n) is 4.41. The van der Waals surface area contributed by atoms with Gasteiger partial charge >= 0.3 is 6.18 Å². The lowest BCUT2D eigenvalue weighted by atomic mass is 9.90. The summed E-state index contributed by atoms with van der Waals surface area (Å²) in [6.45, 7) is 6.05. The van der Waals surface area contributed by atoms with E-state index in [9.17, 15) is 13.2 Å². The predicted molar refractivity (Wildman–Crippen MR) is 109 cm³/mol. The van der Waals surface area contributed by atoms with Crippen LogP contribution < -0.4 is 5.32 Å². The van der Waals surface area contributed by atoms with Gasteiger partial charge in [-0.25, -0.2) is 4.68 Å². The van der Waals surface area contributed by atoms with Gasteiger partial charge in [0.2, 0.25) is 0 Å². The van der Waals surface area contributed by atoms with Gasteiger partial charge in [-0.15, -0.1) is 0 Å². The molecule has 3 heterocycles. The highest BCUT2D eigenvalue weighted by molar-refractivity contribution is 6.32. The molecule has 0 saturated carbocycles. The van der Waals surface area contributed by atoms with Gasteiger partial charge in [-0.1, -0.05) is 18.5 Å². The van der Waals surface area contributed by atoms with Gasteiger partial charge in [-0.2, -0.15) is 18.3 Å². The Hall–Kier alpha value is -1.73. The molecule has 2 aliphatic rings. The van der Waals surface area contributed by atoms with Crippen LogP contribution in [0.5, 0.6) is 0 Å². The summed E-state index contributed by atoms with van der Waals surface area (Å²) in [6.07, 6.45) is 0.581. The maximum absolute atomic E-state index is 13.3. The largest absolute Gasteiger partial charge is 0.416 e. The van der Waals surface area contributed by atoms with Crippen molar-refractivity contribution in [3.8, 4) is 5.69 Å². The van der Waals surface area contributed by atoms with Crippen LogP contribution in [0.15, 0.2) is 18.2 Å². The molecular formula is C21H26ClF3N4. The van der Waals surface area contributed by atoms with Crippen LogP contribution in [0.2, 0.25) is 5.02 Å². The summed E-state index contributed by atoms with van der Waals surface area (Å²) in [5, 5.41) is 8.52. The number of likely N-dealkylation sites (tertiary alicyclic amines) is 1. The van der Waals surface area contributed by atoms with Crippen LogP contribution >= 0.6 is 11.6 Å². The van der Waals surface area contributed by atoms with E-state index in [0.29, 0.717) is 5.92 Å². The van der Waals surface area contributed by atoms with Gasteiger partial charge in [0.05, 0.1) is 22.0 Å². The molecule has 8 heteroatoms. The van der Waals surface area contributed by atoms with E-state index >= 15 is 0 Å². The van der Waals surface area contributed by atoms with E-state index in [4.69, 9.17) is 16.7 Å². The predicted octanol–water partition coefficient (Wildman–Crippen LogP) is 5.49. The Morgan fingerprint density at radius 3 is 2.66 bits per heavy atom. The molecule has 0 unspecified atom stereocenters. The number of rotatable bonds is 3. The van der Waals surface area contributed by atoms with Crippen LogP contribution in [-0.4, -0.2) is 40.9 Å². The molecule has 2 aromatic rings. The third-order valence-corrected chi connectivity index (χ3v) is 6.40. The Morgan fingerprint density at radius 2 is 1.97 bits per heavy atom. The van der Waals surface area contributed by atoms with Gasteiger partial charge in [0, 0.05) is 18.0 Å². The number of fused-ring (bicyclic) bond motifs is 1. The van der Waals surface area contributed by atoms with Gasteiger partial charge in [-0.3, -0.25) is 0 Å². The van der Waals surface area contributed by atoms with Crippen molar-refractivity contribution in [3.63, 3.8) is 0 Å². The highest BCUT2D eigenvalue weighted by atomic mass is 35.5. The zero-order chi connectivity index (χ0) is 20.6. The smallest absolute Gasteiger partial charge is 0.370 e. The second-order valence-corrected chi connectivity index (χ2v) is 8.29. The van der Waals surface area contributed by atoms with Crippen LogP contribution in [0.25, 0.3) is 5.69 Å². The summed E-state index contributed by atoms with van der Waals surface area (Å²) < 4.78 is 41.5. The lowest BCUT2D eigenvalue weighted by Crippen LogP contribution is -2.33. The number of anilines is 1. The molecule has 1 saturated heterocycles. The fourth-order valence-corrected chi connectivity index (χ4v) is 4.60. The van der Waals surface area contributed by atoms with E-state index in [0.717, 1.165) is 87.5 Å². The lowest BCUT2D eigenvalue weighted by Gasteiger charge is -2.30. The number of benzene rings is 1. The van der Waals surface area contributed by atoms with Crippen molar-refractivity contribution < 1.29 is 13.2 Å². The van der Waals surface area contributed by atoms with E-state index in [2.05, 4.69) is 17.1 Å². The molecule has 0 spiro atoms. The van der Waals surface area contributed by atoms with Crippen molar-refractivity contribution in [3.05, 3.63) is 40.0 Å². The van der Waals surface area contributed by atoms with Crippen molar-refractivity contribution in [2.24, 2.45) is 0 Å². The van der Waals surface area contributed by atoms with Crippen LogP contribution in [0.4, 0.5) is 19.0 Å². The minimum absolute atomic E-state index is 0.265. The van der Waals surface area contributed by atoms with Crippen molar-refractivity contribution >= 4 is 17.4 Å². The first-order valence-corrected chi connectivity index (χ1v) is 10.7. The number of hydrogen-bond acceptors (Lipinski definition) is 3. The molecule has 1 aromatic heterocycles. The van der Waals surface area contributed by atoms with Crippen molar-refractivity contribution in [1.29, 1.82) is 0 Å². The first-order valence-electron chi connectivity index (χ1n) is 10.3. The molecule has 0 aliphatic carbocycles. The number of nitrogens with one attached hydrogen (secondary N) is 1. The van der Waals surface area contributed by atoms with E-state index in [-0.39, 0.29) is 10.7 Å². The molecule has 0 amide bonds. The topological polar surface area (TPSA) is 33.1 Å². The summed E-state index contributed by atoms with van der Waals surface area (Å²) in [6, 6.07) is 3.43. The van der Waals surface area contributed by atoms with Crippen LogP contribution in [0.1, 0.15) is 55.3 Å². The summed E-state index contributed by atoms with van der Waals surface area (Å²) in [7, 11) is 0. The lowest BCUT2D eigenvalue weighted by molar-refractivity contribution is -0.137. The van der Waals surface area contributed by atoms with Gasteiger partial charge in [0.25, 0.3) is 0 Å². The zero-order valence-corrected chi connectivity index (χ0v) is 17.3. The first kappa shape index (κ1) is 20.5. The number of halogens is 4. The molecule has 4 nitrogen and oxygen atoms in total. The molecule has 1 aromatic carbocycles. The van der Waals surface area contributed by atoms with Crippen molar-refractivity contribution in [2.45, 2.75) is 51.1 Å². The summed E-state index contributed by atoms with van der Waals surface area (Å²) in [5.41, 5.74) is 1.74. The minimum Gasteiger partial charge on any atom is -0.370 e. The number of hydrogen-bond donors (Lipinski definition) is 1. The molecule has 1 fully saturated rings. The molecule has 0 bridgehead atoms. The van der Waals surface area contributed by atoms with E-state index in [1.807, 2.05) is 0 Å². The number of alkyl halides is 3. The highest BCUT2D eigenvalue weighted by Gasteiger charge is 2.33. The summed E-state index contributed by atoms with van der Waals surface area (Å²) >= 11 is 6.33. The zero-order valence-electron chi connectivity index (χ0n) is 16.5. The van der Waals surface area contributed by atoms with Gasteiger partial charge in [0.1, 0.15) is 5.82 Å². The van der Waals surface area contributed by atoms with Gasteiger partial charge in [0.15, 0.2) is 0 Å². The number of aromatic nitrogens is 2. The third-order valence-electron chi connectivity index (χ3n) is 6.08. The molecule has 1 N–H and O–H groups in total. The van der Waals surface area contributed by atoms with Crippen LogP contribution in [0, 0.1) is 0 Å². The highest BCUT2D eigenvalue weighted by Crippen LogP contribution is 2.39. The monoisotopic (exact) mass is 426 g/mol. The van der Waals surface area contributed by atoms with E-state index < -0.39 is 11.7 Å². The summed E-state index contributed by atoms with van der Waals surface area (Å²) in [4.78, 5) is 2.42. The number of piperidine rings is 1. The van der Waals surface area contributed by atoms with Crippen molar-refractivity contribution in [2.75, 3.05) is 31.5 Å². The quantitative estimate of drug-likeness (QED) is 0.704. The maximum Gasteiger partial charge on any atom is 0.416 e. The molecule has 0 radical (unpaired) electrons. The Morgan fingerprint density at radius 1 is 1.21 bits per heavy atom. The minimum atomic E-state index is -4.42. The molecular weight excluding hydrogens is 401 g/mol. The van der Waals surface area contributed by atoms with E-state index in [1.54, 1.807) is 4.68 Å². The first-order chi connectivity index (χ1) is 13.9. The van der Waals surface area contributed by atoms with Gasteiger partial charge < -0.3 is 10.2 Å². The Labute approximate surface area is 174 Å². The molecule has 4 rings (SSSR count). The van der Waals surface area contributed by atoms with Gasteiger partial charge in [-0.05, 0) is 69.9 Å². The molecule has 29 heavy (non-hydrogen) atoms. The van der Waals surface area contributed by atoms with Crippen LogP contribution in [0.3, 0.4) is 0 Å². The second-order valence-electron chi connectivity index (χ2n) is 7.88. The standard InChI is InChI=1S/C21H26ClF3N4/c1-2-28-11-8-14(9-12-28)19-16-5-3-4-10-26-20(16)29(27-19)18-13-15(21(23,24)25)6-7-17(18)22/h6-7,13-14,26H,2-5,8-12H2,1H3. The maximum atomic E-state index is 13.3. The molecule has 2 aliphatic heterocycles. The SMILES string of the molecule is CCN1CCC(c2nn(-c3cc(C(F)(F)F)ccc3Cl)c3c2CCCCN3)CC1. The van der Waals surface area contributed by atoms with Crippen LogP contribution in [-0.2, 0) is 12.6 Å². The Balaban J connectivity index is 1.78. The normalized spacial score (nSPS) is 18.9. The summed E-state index contributed by atoms with van der Waals surface area (Å²) in [5.74, 6) is 1.13. The Bertz CT molecular complexity index is 870. The van der Waals surface area contributed by atoms with Crippen molar-refractivity contribution in [1.82, 2.24) is 14.7 Å². The molecule has 158 valence electrons. The average Bonchev–Trinajstić information content (AvgIpc) is 2.88. The second kappa shape index (κ2) is 8.19. The van der Waals surface area contributed by atoms with E-state index in [1.165, 1.54) is 6.07 Å².